The van der Waals surface area contributed by atoms with Gasteiger partial charge in [-0.15, -0.1) is 0 Å². The molecule has 7 nitrogen and oxygen atoms in total. The first kappa shape index (κ1) is 33.4. The number of sulfonamides is 1. The van der Waals surface area contributed by atoms with E-state index in [1.165, 1.54) is 23.1 Å². The Morgan fingerprint density at radius 3 is 2.02 bits per heavy atom. The zero-order valence-corrected chi connectivity index (χ0v) is 27.1. The van der Waals surface area contributed by atoms with Gasteiger partial charge in [0.2, 0.25) is 11.8 Å². The SMILES string of the molecule is Cc1ccc(N(CC(=O)N(Cc2ccccc2F)C(Cc2ccccc2)C(=O)NC(C)(C)C)S(=O)(=O)c2ccccc2)cc1C. The second kappa shape index (κ2) is 14.1. The number of hydrogen-bond acceptors (Lipinski definition) is 4. The smallest absolute Gasteiger partial charge is 0.264 e. The molecule has 0 saturated heterocycles. The third kappa shape index (κ3) is 8.57. The molecule has 1 N–H and O–H groups in total. The molecule has 45 heavy (non-hydrogen) atoms. The zero-order chi connectivity index (χ0) is 32.8. The van der Waals surface area contributed by atoms with E-state index < -0.39 is 45.8 Å². The average Bonchev–Trinajstić information content (AvgIpc) is 3.00. The Labute approximate surface area is 265 Å². The van der Waals surface area contributed by atoms with Crippen LogP contribution >= 0.6 is 0 Å². The van der Waals surface area contributed by atoms with Gasteiger partial charge in [-0.05, 0) is 81.6 Å². The van der Waals surface area contributed by atoms with E-state index in [-0.39, 0.29) is 23.4 Å². The van der Waals surface area contributed by atoms with E-state index in [2.05, 4.69) is 5.32 Å². The molecule has 0 radical (unpaired) electrons. The maximum Gasteiger partial charge on any atom is 0.264 e. The lowest BCUT2D eigenvalue weighted by atomic mass is 10.0. The molecule has 0 aromatic heterocycles. The van der Waals surface area contributed by atoms with E-state index in [4.69, 9.17) is 0 Å². The number of carbonyl (C=O) groups excluding carboxylic acids is 2. The number of rotatable bonds is 11. The van der Waals surface area contributed by atoms with Crippen LogP contribution in [0.5, 0.6) is 0 Å². The lowest BCUT2D eigenvalue weighted by Crippen LogP contribution is -2.56. The molecule has 236 valence electrons. The highest BCUT2D eigenvalue weighted by molar-refractivity contribution is 7.92. The van der Waals surface area contributed by atoms with Crippen LogP contribution in [0.15, 0.2) is 108 Å². The van der Waals surface area contributed by atoms with Gasteiger partial charge in [0.25, 0.3) is 10.0 Å². The van der Waals surface area contributed by atoms with E-state index in [0.29, 0.717) is 5.69 Å². The second-order valence-corrected chi connectivity index (χ2v) is 14.0. The lowest BCUT2D eigenvalue weighted by Gasteiger charge is -2.35. The molecule has 0 saturated carbocycles. The predicted octanol–water partition coefficient (Wildman–Crippen LogP) is 6.19. The number of benzene rings is 4. The third-order valence-corrected chi connectivity index (χ3v) is 9.24. The molecule has 1 atom stereocenters. The molecule has 0 spiro atoms. The van der Waals surface area contributed by atoms with Gasteiger partial charge in [0.1, 0.15) is 18.4 Å². The molecule has 0 aliphatic rings. The molecule has 2 amide bonds. The molecular formula is C36H40FN3O4S. The summed E-state index contributed by atoms with van der Waals surface area (Å²) in [5.74, 6) is -1.62. The van der Waals surface area contributed by atoms with E-state index in [1.807, 2.05) is 65.0 Å². The van der Waals surface area contributed by atoms with Gasteiger partial charge in [0.05, 0.1) is 10.6 Å². The van der Waals surface area contributed by atoms with Crippen LogP contribution in [0.4, 0.5) is 10.1 Å². The Hall–Kier alpha value is -4.50. The maximum absolute atomic E-state index is 15.1. The second-order valence-electron chi connectivity index (χ2n) is 12.2. The minimum atomic E-state index is -4.22. The van der Waals surface area contributed by atoms with Crippen LogP contribution in [0.2, 0.25) is 0 Å². The van der Waals surface area contributed by atoms with Gasteiger partial charge in [-0.2, -0.15) is 0 Å². The van der Waals surface area contributed by atoms with Crippen molar-refractivity contribution in [3.8, 4) is 0 Å². The van der Waals surface area contributed by atoms with Crippen molar-refractivity contribution in [2.75, 3.05) is 10.8 Å². The van der Waals surface area contributed by atoms with Crippen LogP contribution in [-0.4, -0.2) is 43.3 Å². The fourth-order valence-electron chi connectivity index (χ4n) is 4.95. The zero-order valence-electron chi connectivity index (χ0n) is 26.3. The van der Waals surface area contributed by atoms with Gasteiger partial charge in [0, 0.05) is 24.1 Å². The lowest BCUT2D eigenvalue weighted by molar-refractivity contribution is -0.140. The number of amides is 2. The Balaban J connectivity index is 1.84. The normalized spacial score (nSPS) is 12.3. The maximum atomic E-state index is 15.1. The summed E-state index contributed by atoms with van der Waals surface area (Å²) >= 11 is 0. The first-order chi connectivity index (χ1) is 21.3. The molecule has 0 bridgehead atoms. The molecule has 4 aromatic rings. The average molecular weight is 630 g/mol. The summed E-state index contributed by atoms with van der Waals surface area (Å²) in [4.78, 5) is 29.7. The van der Waals surface area contributed by atoms with Crippen molar-refractivity contribution < 1.29 is 22.4 Å². The molecular weight excluding hydrogens is 589 g/mol. The van der Waals surface area contributed by atoms with E-state index in [9.17, 15) is 18.0 Å². The van der Waals surface area contributed by atoms with Crippen LogP contribution in [0.25, 0.3) is 0 Å². The quantitative estimate of drug-likeness (QED) is 0.214. The number of halogens is 1. The number of aryl methyl sites for hydroxylation is 2. The molecule has 0 aliphatic heterocycles. The molecule has 9 heteroatoms. The Bertz CT molecular complexity index is 1740. The van der Waals surface area contributed by atoms with Crippen molar-refractivity contribution >= 4 is 27.5 Å². The monoisotopic (exact) mass is 629 g/mol. The number of hydrogen-bond donors (Lipinski definition) is 1. The minimum absolute atomic E-state index is 0.0167. The van der Waals surface area contributed by atoms with E-state index in [0.717, 1.165) is 21.0 Å². The van der Waals surface area contributed by atoms with E-state index >= 15 is 4.39 Å². The fraction of sp³-hybridized carbons (Fsp3) is 0.278. The van der Waals surface area contributed by atoms with Crippen molar-refractivity contribution in [2.45, 2.75) is 64.1 Å². The fourth-order valence-corrected chi connectivity index (χ4v) is 6.37. The van der Waals surface area contributed by atoms with Gasteiger partial charge in [-0.25, -0.2) is 12.8 Å². The summed E-state index contributed by atoms with van der Waals surface area (Å²) in [7, 11) is -4.22. The van der Waals surface area contributed by atoms with Gasteiger partial charge in [-0.3, -0.25) is 13.9 Å². The van der Waals surface area contributed by atoms with Crippen LogP contribution in [0, 0.1) is 19.7 Å². The molecule has 4 rings (SSSR count). The van der Waals surface area contributed by atoms with E-state index in [1.54, 1.807) is 54.6 Å². The minimum Gasteiger partial charge on any atom is -0.350 e. The number of anilines is 1. The van der Waals surface area contributed by atoms with Gasteiger partial charge >= 0.3 is 0 Å². The van der Waals surface area contributed by atoms with Crippen molar-refractivity contribution in [1.29, 1.82) is 0 Å². The number of nitrogens with one attached hydrogen (secondary N) is 1. The van der Waals surface area contributed by atoms with Gasteiger partial charge < -0.3 is 10.2 Å². The summed E-state index contributed by atoms with van der Waals surface area (Å²) in [6.07, 6.45) is 0.137. The van der Waals surface area contributed by atoms with Gasteiger partial charge in [0.15, 0.2) is 0 Å². The highest BCUT2D eigenvalue weighted by atomic mass is 32.2. The summed E-state index contributed by atoms with van der Waals surface area (Å²) in [5.41, 5.74) is 2.49. The van der Waals surface area contributed by atoms with Crippen molar-refractivity contribution in [2.24, 2.45) is 0 Å². The highest BCUT2D eigenvalue weighted by Crippen LogP contribution is 2.27. The summed E-state index contributed by atoms with van der Waals surface area (Å²) in [6.45, 7) is 8.43. The highest BCUT2D eigenvalue weighted by Gasteiger charge is 2.36. The summed E-state index contributed by atoms with van der Waals surface area (Å²) in [5, 5.41) is 2.97. The van der Waals surface area contributed by atoms with Crippen molar-refractivity contribution in [3.05, 3.63) is 131 Å². The Morgan fingerprint density at radius 2 is 1.42 bits per heavy atom. The van der Waals surface area contributed by atoms with Crippen LogP contribution in [0.1, 0.15) is 43.0 Å². The Morgan fingerprint density at radius 1 is 0.822 bits per heavy atom. The summed E-state index contributed by atoms with van der Waals surface area (Å²) in [6, 6.07) is 27.3. The molecule has 0 heterocycles. The Kier molecular flexibility index (Phi) is 10.4. The standard InChI is InChI=1S/C36H40FN3O4S/c1-26-20-21-30(22-27(26)2)40(45(43,44)31-17-10-7-11-18-31)25-34(41)39(24-29-16-12-13-19-32(29)37)33(35(42)38-36(3,4)5)23-28-14-8-6-9-15-28/h6-22,33H,23-25H2,1-5H3,(H,38,42). The van der Waals surface area contributed by atoms with Crippen molar-refractivity contribution in [1.82, 2.24) is 10.2 Å². The first-order valence-electron chi connectivity index (χ1n) is 14.8. The van der Waals surface area contributed by atoms with Crippen LogP contribution in [-0.2, 0) is 32.6 Å². The largest absolute Gasteiger partial charge is 0.350 e. The summed E-state index contributed by atoms with van der Waals surface area (Å²) < 4.78 is 44.3. The van der Waals surface area contributed by atoms with Crippen LogP contribution < -0.4 is 9.62 Å². The molecule has 1 unspecified atom stereocenters. The topological polar surface area (TPSA) is 86.8 Å². The van der Waals surface area contributed by atoms with Crippen molar-refractivity contribution in [3.63, 3.8) is 0 Å². The van der Waals surface area contributed by atoms with Gasteiger partial charge in [-0.1, -0.05) is 72.8 Å². The van der Waals surface area contributed by atoms with Crippen LogP contribution in [0.3, 0.4) is 0 Å². The first-order valence-corrected chi connectivity index (χ1v) is 16.2. The third-order valence-electron chi connectivity index (χ3n) is 7.46. The number of carbonyl (C=O) groups is 2. The number of nitrogens with zero attached hydrogens (tertiary/aromatic N) is 2. The molecule has 0 fully saturated rings. The molecule has 0 aliphatic carbocycles. The molecule has 4 aromatic carbocycles. The predicted molar refractivity (Wildman–Crippen MR) is 176 cm³/mol.